The van der Waals surface area contributed by atoms with Gasteiger partial charge < -0.3 is 9.73 Å². The molecule has 20 heavy (non-hydrogen) atoms. The zero-order valence-corrected chi connectivity index (χ0v) is 14.5. The van der Waals surface area contributed by atoms with E-state index in [2.05, 4.69) is 53.3 Å². The molecule has 0 spiro atoms. The van der Waals surface area contributed by atoms with Crippen molar-refractivity contribution in [3.63, 3.8) is 0 Å². The van der Waals surface area contributed by atoms with Crippen LogP contribution in [0.2, 0.25) is 0 Å². The van der Waals surface area contributed by atoms with Gasteiger partial charge in [0.1, 0.15) is 5.76 Å². The predicted octanol–water partition coefficient (Wildman–Crippen LogP) is 5.56. The molecule has 0 amide bonds. The topological polar surface area (TPSA) is 25.2 Å². The Bertz CT molecular complexity index is 567. The lowest BCUT2D eigenvalue weighted by atomic mass is 10.1. The molecule has 1 heterocycles. The summed E-state index contributed by atoms with van der Waals surface area (Å²) in [7, 11) is 0. The van der Waals surface area contributed by atoms with Crippen LogP contribution < -0.4 is 5.32 Å². The highest BCUT2D eigenvalue weighted by molar-refractivity contribution is 9.10. The minimum atomic E-state index is 0.345. The second-order valence-corrected chi connectivity index (χ2v) is 6.80. The maximum absolute atomic E-state index is 5.38. The first-order valence-corrected chi connectivity index (χ1v) is 8.47. The van der Waals surface area contributed by atoms with Gasteiger partial charge in [0.15, 0.2) is 0 Å². The Labute approximate surface area is 133 Å². The molecule has 0 aliphatic rings. The molecule has 0 saturated heterocycles. The maximum Gasteiger partial charge on any atom is 0.114 e. The van der Waals surface area contributed by atoms with Crippen LogP contribution in [0.5, 0.6) is 0 Å². The Morgan fingerprint density at radius 1 is 1.30 bits per heavy atom. The summed E-state index contributed by atoms with van der Waals surface area (Å²) >= 11 is 5.32. The monoisotopic (exact) mass is 353 g/mol. The van der Waals surface area contributed by atoms with E-state index in [1.807, 2.05) is 13.0 Å². The summed E-state index contributed by atoms with van der Waals surface area (Å²) in [4.78, 5) is 2.44. The molecule has 2 nitrogen and oxygen atoms in total. The SMILES string of the molecule is CCCNC(C)c1ccc(Br)cc1Sc1ccoc1C. The minimum absolute atomic E-state index is 0.345. The number of aryl methyl sites for hydroxylation is 1. The second-order valence-electron chi connectivity index (χ2n) is 4.80. The van der Waals surface area contributed by atoms with Crippen molar-refractivity contribution in [2.24, 2.45) is 0 Å². The van der Waals surface area contributed by atoms with Crippen LogP contribution in [0.15, 0.2) is 49.2 Å². The van der Waals surface area contributed by atoms with Gasteiger partial charge in [-0.25, -0.2) is 0 Å². The van der Waals surface area contributed by atoms with Crippen LogP contribution in [0.4, 0.5) is 0 Å². The van der Waals surface area contributed by atoms with Gasteiger partial charge in [-0.05, 0) is 50.6 Å². The van der Waals surface area contributed by atoms with E-state index < -0.39 is 0 Å². The van der Waals surface area contributed by atoms with Crippen molar-refractivity contribution in [2.75, 3.05) is 6.54 Å². The Morgan fingerprint density at radius 3 is 2.75 bits per heavy atom. The van der Waals surface area contributed by atoms with Gasteiger partial charge in [-0.2, -0.15) is 0 Å². The van der Waals surface area contributed by atoms with E-state index in [0.29, 0.717) is 6.04 Å². The third-order valence-corrected chi connectivity index (χ3v) is 4.88. The first-order chi connectivity index (χ1) is 9.61. The molecule has 0 saturated carbocycles. The van der Waals surface area contributed by atoms with Crippen LogP contribution in [0.25, 0.3) is 0 Å². The second kappa shape index (κ2) is 7.34. The zero-order chi connectivity index (χ0) is 14.5. The predicted molar refractivity (Wildman–Crippen MR) is 88.4 cm³/mol. The van der Waals surface area contributed by atoms with Gasteiger partial charge in [-0.1, -0.05) is 40.7 Å². The first-order valence-electron chi connectivity index (χ1n) is 6.86. The third kappa shape index (κ3) is 3.90. The van der Waals surface area contributed by atoms with E-state index in [9.17, 15) is 0 Å². The molecule has 0 aliphatic heterocycles. The normalized spacial score (nSPS) is 12.6. The first kappa shape index (κ1) is 15.7. The fourth-order valence-electron chi connectivity index (χ4n) is 2.02. The third-order valence-electron chi connectivity index (χ3n) is 3.17. The highest BCUT2D eigenvalue weighted by Gasteiger charge is 2.13. The van der Waals surface area contributed by atoms with Gasteiger partial charge in [0.25, 0.3) is 0 Å². The highest BCUT2D eigenvalue weighted by atomic mass is 79.9. The van der Waals surface area contributed by atoms with Gasteiger partial charge in [0, 0.05) is 15.4 Å². The molecule has 0 aliphatic carbocycles. The molecule has 108 valence electrons. The summed E-state index contributed by atoms with van der Waals surface area (Å²) in [6.45, 7) is 7.43. The fourth-order valence-corrected chi connectivity index (χ4v) is 3.64. The summed E-state index contributed by atoms with van der Waals surface area (Å²) < 4.78 is 6.49. The number of hydrogen-bond acceptors (Lipinski definition) is 3. The molecule has 0 fully saturated rings. The van der Waals surface area contributed by atoms with Crippen molar-refractivity contribution < 1.29 is 4.42 Å². The van der Waals surface area contributed by atoms with Crippen molar-refractivity contribution in [3.8, 4) is 0 Å². The van der Waals surface area contributed by atoms with Crippen LogP contribution in [-0.4, -0.2) is 6.54 Å². The van der Waals surface area contributed by atoms with Crippen molar-refractivity contribution >= 4 is 27.7 Å². The fraction of sp³-hybridized carbons (Fsp3) is 0.375. The number of halogens is 1. The summed E-state index contributed by atoms with van der Waals surface area (Å²) in [5.74, 6) is 0.968. The average molecular weight is 354 g/mol. The molecule has 1 aromatic heterocycles. The van der Waals surface area contributed by atoms with E-state index >= 15 is 0 Å². The molecule has 1 aromatic carbocycles. The molecule has 2 aromatic rings. The zero-order valence-electron chi connectivity index (χ0n) is 12.1. The lowest BCUT2D eigenvalue weighted by molar-refractivity contribution is 0.527. The summed E-state index contributed by atoms with van der Waals surface area (Å²) in [5.41, 5.74) is 1.33. The molecule has 2 rings (SSSR count). The van der Waals surface area contributed by atoms with Crippen LogP contribution in [0.3, 0.4) is 0 Å². The van der Waals surface area contributed by atoms with Gasteiger partial charge in [0.2, 0.25) is 0 Å². The van der Waals surface area contributed by atoms with E-state index in [-0.39, 0.29) is 0 Å². The number of benzene rings is 1. The largest absolute Gasteiger partial charge is 0.468 e. The van der Waals surface area contributed by atoms with Crippen LogP contribution in [0.1, 0.15) is 37.6 Å². The molecular weight excluding hydrogens is 334 g/mol. The van der Waals surface area contributed by atoms with E-state index in [1.165, 1.54) is 15.4 Å². The van der Waals surface area contributed by atoms with Crippen molar-refractivity contribution in [1.82, 2.24) is 5.32 Å². The minimum Gasteiger partial charge on any atom is -0.468 e. The Hall–Kier alpha value is -0.710. The van der Waals surface area contributed by atoms with Crippen LogP contribution in [0, 0.1) is 6.92 Å². The molecule has 0 bridgehead atoms. The molecule has 1 unspecified atom stereocenters. The Balaban J connectivity index is 2.26. The number of nitrogens with one attached hydrogen (secondary N) is 1. The average Bonchev–Trinajstić information content (AvgIpc) is 2.82. The summed E-state index contributed by atoms with van der Waals surface area (Å²) in [6.07, 6.45) is 2.89. The van der Waals surface area contributed by atoms with Crippen LogP contribution >= 0.6 is 27.7 Å². The van der Waals surface area contributed by atoms with Crippen molar-refractivity contribution in [1.29, 1.82) is 0 Å². The lowest BCUT2D eigenvalue weighted by Crippen LogP contribution is -2.19. The van der Waals surface area contributed by atoms with Gasteiger partial charge in [-0.15, -0.1) is 0 Å². The molecule has 4 heteroatoms. The van der Waals surface area contributed by atoms with Gasteiger partial charge in [0.05, 0.1) is 11.2 Å². The number of hydrogen-bond donors (Lipinski definition) is 1. The molecule has 0 radical (unpaired) electrons. The van der Waals surface area contributed by atoms with E-state index in [1.54, 1.807) is 18.0 Å². The molecule has 1 atom stereocenters. The lowest BCUT2D eigenvalue weighted by Gasteiger charge is -2.17. The Morgan fingerprint density at radius 2 is 2.10 bits per heavy atom. The summed E-state index contributed by atoms with van der Waals surface area (Å²) in [5, 5.41) is 3.55. The number of furan rings is 1. The van der Waals surface area contributed by atoms with Gasteiger partial charge in [-0.3, -0.25) is 0 Å². The molecule has 1 N–H and O–H groups in total. The summed E-state index contributed by atoms with van der Waals surface area (Å²) in [6, 6.07) is 8.84. The Kier molecular flexibility index (Phi) is 5.75. The van der Waals surface area contributed by atoms with E-state index in [4.69, 9.17) is 4.42 Å². The number of rotatable bonds is 6. The van der Waals surface area contributed by atoms with Gasteiger partial charge >= 0.3 is 0 Å². The van der Waals surface area contributed by atoms with E-state index in [0.717, 1.165) is 23.2 Å². The standard InChI is InChI=1S/C16H20BrNOS/c1-4-8-18-11(2)14-6-5-13(17)10-16(14)20-15-7-9-19-12(15)3/h5-7,9-11,18H,4,8H2,1-3H3. The van der Waals surface area contributed by atoms with Crippen molar-refractivity contribution in [2.45, 2.75) is 43.0 Å². The smallest absolute Gasteiger partial charge is 0.114 e. The van der Waals surface area contributed by atoms with Crippen LogP contribution in [-0.2, 0) is 0 Å². The highest BCUT2D eigenvalue weighted by Crippen LogP contribution is 2.37. The molecular formula is C16H20BrNOS. The maximum atomic E-state index is 5.38. The van der Waals surface area contributed by atoms with Crippen molar-refractivity contribution in [3.05, 3.63) is 46.3 Å². The quantitative estimate of drug-likeness (QED) is 0.735.